The van der Waals surface area contributed by atoms with E-state index < -0.39 is 0 Å². The van der Waals surface area contributed by atoms with E-state index in [1.54, 1.807) is 11.3 Å². The van der Waals surface area contributed by atoms with E-state index >= 15 is 0 Å². The monoisotopic (exact) mass is 302 g/mol. The van der Waals surface area contributed by atoms with Crippen molar-refractivity contribution in [1.29, 1.82) is 0 Å². The average Bonchev–Trinajstić information content (AvgIpc) is 3.09. The highest BCUT2D eigenvalue weighted by Crippen LogP contribution is 2.25. The lowest BCUT2D eigenvalue weighted by molar-refractivity contribution is -0.0226. The van der Waals surface area contributed by atoms with Gasteiger partial charge in [-0.2, -0.15) is 11.3 Å². The first-order valence-corrected chi connectivity index (χ1v) is 7.94. The van der Waals surface area contributed by atoms with Crippen molar-refractivity contribution >= 4 is 17.2 Å². The zero-order valence-electron chi connectivity index (χ0n) is 11.7. The van der Waals surface area contributed by atoms with Gasteiger partial charge in [0.05, 0.1) is 13.2 Å². The lowest BCUT2D eigenvalue weighted by Gasteiger charge is -2.32. The molecule has 1 aliphatic heterocycles. The number of nitrogens with zero attached hydrogens (tertiary/aromatic N) is 1. The van der Waals surface area contributed by atoms with Crippen LogP contribution in [-0.2, 0) is 11.3 Å². The van der Waals surface area contributed by atoms with Crippen LogP contribution in [0.2, 0.25) is 0 Å². The van der Waals surface area contributed by atoms with Gasteiger partial charge in [0.2, 0.25) is 0 Å². The normalized spacial score (nSPS) is 18.7. The molecule has 21 heavy (non-hydrogen) atoms. The van der Waals surface area contributed by atoms with Crippen LogP contribution >= 0.6 is 11.3 Å². The van der Waals surface area contributed by atoms with E-state index in [-0.39, 0.29) is 12.0 Å². The number of ether oxygens (including phenoxy) is 1. The number of nitrogens with two attached hydrogens (primary N) is 1. The topological polar surface area (TPSA) is 55.6 Å². The van der Waals surface area contributed by atoms with Gasteiger partial charge in [0.15, 0.2) is 0 Å². The maximum absolute atomic E-state index is 12.6. The summed E-state index contributed by atoms with van der Waals surface area (Å²) >= 11 is 1.65. The quantitative estimate of drug-likeness (QED) is 0.947. The third-order valence-corrected chi connectivity index (χ3v) is 4.41. The first-order valence-electron chi connectivity index (χ1n) is 7.00. The van der Waals surface area contributed by atoms with Crippen molar-refractivity contribution in [3.05, 3.63) is 57.8 Å². The van der Waals surface area contributed by atoms with Crippen LogP contribution in [0, 0.1) is 0 Å². The van der Waals surface area contributed by atoms with E-state index in [0.29, 0.717) is 31.8 Å². The van der Waals surface area contributed by atoms with Gasteiger partial charge in [-0.25, -0.2) is 0 Å². The van der Waals surface area contributed by atoms with Crippen molar-refractivity contribution in [2.45, 2.75) is 12.6 Å². The summed E-state index contributed by atoms with van der Waals surface area (Å²) in [6.07, 6.45) is -0.0164. The molecule has 0 spiro atoms. The Hall–Kier alpha value is -1.69. The largest absolute Gasteiger partial charge is 0.370 e. The molecule has 1 unspecified atom stereocenters. The molecule has 1 amide bonds. The predicted octanol–water partition coefficient (Wildman–Crippen LogP) is 2.42. The van der Waals surface area contributed by atoms with E-state index in [1.165, 1.54) is 0 Å². The second-order valence-electron chi connectivity index (χ2n) is 5.07. The van der Waals surface area contributed by atoms with E-state index in [9.17, 15) is 4.79 Å². The molecule has 3 rings (SSSR count). The minimum absolute atomic E-state index is 0.0164. The summed E-state index contributed by atoms with van der Waals surface area (Å²) in [7, 11) is 0. The Kier molecular flexibility index (Phi) is 4.34. The van der Waals surface area contributed by atoms with Crippen molar-refractivity contribution < 1.29 is 9.53 Å². The van der Waals surface area contributed by atoms with Gasteiger partial charge in [-0.05, 0) is 40.1 Å². The molecule has 0 aliphatic carbocycles. The molecule has 2 heterocycles. The number of rotatable bonds is 3. The first kappa shape index (κ1) is 14.3. The summed E-state index contributed by atoms with van der Waals surface area (Å²) in [5.74, 6) is 0.0575. The Bertz CT molecular complexity index is 595. The lowest BCUT2D eigenvalue weighted by atomic mass is 10.1. The first-order chi connectivity index (χ1) is 10.3. The molecule has 4 nitrogen and oxygen atoms in total. The summed E-state index contributed by atoms with van der Waals surface area (Å²) < 4.78 is 5.77. The van der Waals surface area contributed by atoms with Gasteiger partial charge in [-0.3, -0.25) is 4.79 Å². The molecule has 1 aliphatic rings. The average molecular weight is 302 g/mol. The molecule has 2 aromatic rings. The van der Waals surface area contributed by atoms with Crippen molar-refractivity contribution in [3.8, 4) is 0 Å². The Labute approximate surface area is 128 Å². The maximum atomic E-state index is 12.6. The number of hydrogen-bond donors (Lipinski definition) is 1. The smallest absolute Gasteiger partial charge is 0.254 e. The van der Waals surface area contributed by atoms with Crippen LogP contribution in [-0.4, -0.2) is 30.5 Å². The Morgan fingerprint density at radius 2 is 2.14 bits per heavy atom. The van der Waals surface area contributed by atoms with E-state index in [1.807, 2.05) is 34.5 Å². The molecular weight excluding hydrogens is 284 g/mol. The maximum Gasteiger partial charge on any atom is 0.254 e. The van der Waals surface area contributed by atoms with E-state index in [4.69, 9.17) is 10.5 Å². The zero-order chi connectivity index (χ0) is 14.7. The molecule has 5 heteroatoms. The number of benzene rings is 1. The highest BCUT2D eigenvalue weighted by Gasteiger charge is 2.26. The number of hydrogen-bond acceptors (Lipinski definition) is 4. The summed E-state index contributed by atoms with van der Waals surface area (Å²) in [5.41, 5.74) is 8.47. The number of thiophene rings is 1. The van der Waals surface area contributed by atoms with Crippen molar-refractivity contribution in [1.82, 2.24) is 4.90 Å². The molecule has 1 fully saturated rings. The van der Waals surface area contributed by atoms with Crippen LogP contribution in [0.5, 0.6) is 0 Å². The second kappa shape index (κ2) is 6.39. The van der Waals surface area contributed by atoms with Crippen molar-refractivity contribution in [2.75, 3.05) is 19.7 Å². The molecule has 1 aromatic heterocycles. The fourth-order valence-corrected chi connectivity index (χ4v) is 3.16. The summed E-state index contributed by atoms with van der Waals surface area (Å²) in [6.45, 7) is 2.31. The standard InChI is InChI=1S/C16H18N2O2S/c17-9-12-1-3-13(4-2-12)16(19)18-6-7-20-15(10-18)14-5-8-21-11-14/h1-5,8,11,15H,6-7,9-10,17H2. The molecule has 1 atom stereocenters. The number of morpholine rings is 1. The number of carbonyl (C=O) groups is 1. The fourth-order valence-electron chi connectivity index (χ4n) is 2.46. The van der Waals surface area contributed by atoms with Crippen LogP contribution in [0.1, 0.15) is 27.6 Å². The summed E-state index contributed by atoms with van der Waals surface area (Å²) in [4.78, 5) is 14.4. The van der Waals surface area contributed by atoms with Crippen molar-refractivity contribution in [2.24, 2.45) is 5.73 Å². The van der Waals surface area contributed by atoms with Gasteiger partial charge in [0, 0.05) is 18.7 Å². The third-order valence-electron chi connectivity index (χ3n) is 3.71. The third kappa shape index (κ3) is 3.15. The van der Waals surface area contributed by atoms with E-state index in [2.05, 4.69) is 11.4 Å². The predicted molar refractivity (Wildman–Crippen MR) is 83.2 cm³/mol. The SMILES string of the molecule is NCc1ccc(C(=O)N2CCOC(c3ccsc3)C2)cc1. The second-order valence-corrected chi connectivity index (χ2v) is 5.85. The molecular formula is C16H18N2O2S. The molecule has 0 saturated carbocycles. The van der Waals surface area contributed by atoms with Crippen LogP contribution in [0.25, 0.3) is 0 Å². The molecule has 0 radical (unpaired) electrons. The van der Waals surface area contributed by atoms with Gasteiger partial charge in [-0.15, -0.1) is 0 Å². The van der Waals surface area contributed by atoms with E-state index in [0.717, 1.165) is 11.1 Å². The van der Waals surface area contributed by atoms with Gasteiger partial charge >= 0.3 is 0 Å². The molecule has 1 aromatic carbocycles. The molecule has 0 bridgehead atoms. The molecule has 110 valence electrons. The van der Waals surface area contributed by atoms with Crippen LogP contribution in [0.3, 0.4) is 0 Å². The fraction of sp³-hybridized carbons (Fsp3) is 0.312. The highest BCUT2D eigenvalue weighted by molar-refractivity contribution is 7.07. The lowest BCUT2D eigenvalue weighted by Crippen LogP contribution is -2.42. The minimum Gasteiger partial charge on any atom is -0.370 e. The highest BCUT2D eigenvalue weighted by atomic mass is 32.1. The van der Waals surface area contributed by atoms with Crippen LogP contribution in [0.4, 0.5) is 0 Å². The van der Waals surface area contributed by atoms with Gasteiger partial charge in [0.1, 0.15) is 6.10 Å². The zero-order valence-corrected chi connectivity index (χ0v) is 12.5. The van der Waals surface area contributed by atoms with Gasteiger partial charge in [0.25, 0.3) is 5.91 Å². The Balaban J connectivity index is 1.71. The number of amides is 1. The summed E-state index contributed by atoms with van der Waals surface area (Å²) in [5, 5.41) is 4.11. The Morgan fingerprint density at radius 1 is 1.33 bits per heavy atom. The Morgan fingerprint density at radius 3 is 2.81 bits per heavy atom. The van der Waals surface area contributed by atoms with Crippen LogP contribution in [0.15, 0.2) is 41.1 Å². The molecule has 1 saturated heterocycles. The summed E-state index contributed by atoms with van der Waals surface area (Å²) in [6, 6.07) is 9.56. The van der Waals surface area contributed by atoms with Crippen LogP contribution < -0.4 is 5.73 Å². The number of carbonyl (C=O) groups excluding carboxylic acids is 1. The van der Waals surface area contributed by atoms with Gasteiger partial charge < -0.3 is 15.4 Å². The van der Waals surface area contributed by atoms with Gasteiger partial charge in [-0.1, -0.05) is 12.1 Å². The van der Waals surface area contributed by atoms with Crippen molar-refractivity contribution in [3.63, 3.8) is 0 Å². The minimum atomic E-state index is -0.0164. The molecule has 2 N–H and O–H groups in total.